The van der Waals surface area contributed by atoms with E-state index in [0.717, 1.165) is 11.1 Å². The third kappa shape index (κ3) is 2.69. The predicted molar refractivity (Wildman–Crippen MR) is 55.2 cm³/mol. The number of carbonyl (C=O) groups excluding carboxylic acids is 1. The van der Waals surface area contributed by atoms with Gasteiger partial charge in [0.25, 0.3) is 0 Å². The molecule has 1 rings (SSSR count). The Morgan fingerprint density at radius 3 is 2.50 bits per heavy atom. The fraction of sp³-hybridized carbons (Fsp3) is 0.273. The highest BCUT2D eigenvalue weighted by Crippen LogP contribution is 2.08. The van der Waals surface area contributed by atoms with Crippen LogP contribution in [-0.2, 0) is 9.63 Å². The molecule has 3 nitrogen and oxygen atoms in total. The Kier molecular flexibility index (Phi) is 3.40. The summed E-state index contributed by atoms with van der Waals surface area (Å²) in [6.07, 6.45) is 0. The van der Waals surface area contributed by atoms with Crippen LogP contribution < -0.4 is 0 Å². The van der Waals surface area contributed by atoms with Gasteiger partial charge in [-0.3, -0.25) is 0 Å². The second-order valence-corrected chi connectivity index (χ2v) is 3.07. The average molecular weight is 191 g/mol. The Morgan fingerprint density at radius 2 is 1.93 bits per heavy atom. The third-order valence-electron chi connectivity index (χ3n) is 1.85. The predicted octanol–water partition coefficient (Wildman–Crippen LogP) is 2.28. The number of rotatable bonds is 2. The van der Waals surface area contributed by atoms with Gasteiger partial charge in [-0.25, -0.2) is 4.79 Å². The van der Waals surface area contributed by atoms with Crippen LogP contribution in [0.3, 0.4) is 0 Å². The lowest BCUT2D eigenvalue weighted by Gasteiger charge is -2.03. The summed E-state index contributed by atoms with van der Waals surface area (Å²) in [4.78, 5) is 15.1. The minimum absolute atomic E-state index is 0.405. The molecule has 0 unspecified atom stereocenters. The summed E-state index contributed by atoms with van der Waals surface area (Å²) in [6, 6.07) is 7.81. The summed E-state index contributed by atoms with van der Waals surface area (Å²) in [6.45, 7) is 5.13. The first kappa shape index (κ1) is 10.4. The quantitative estimate of drug-likeness (QED) is 0.408. The van der Waals surface area contributed by atoms with Crippen molar-refractivity contribution in [3.8, 4) is 0 Å². The molecule has 0 saturated heterocycles. The fourth-order valence-corrected chi connectivity index (χ4v) is 1.16. The molecule has 0 aliphatic carbocycles. The second kappa shape index (κ2) is 4.56. The third-order valence-corrected chi connectivity index (χ3v) is 1.85. The van der Waals surface area contributed by atoms with Gasteiger partial charge in [0.2, 0.25) is 0 Å². The first-order valence-corrected chi connectivity index (χ1v) is 4.39. The first-order valence-electron chi connectivity index (χ1n) is 4.39. The van der Waals surface area contributed by atoms with Crippen LogP contribution in [0.5, 0.6) is 0 Å². The smallest absolute Gasteiger partial charge is 0.318 e. The zero-order valence-electron chi connectivity index (χ0n) is 8.57. The topological polar surface area (TPSA) is 38.7 Å². The molecule has 0 atom stereocenters. The molecule has 0 saturated carbocycles. The zero-order chi connectivity index (χ0) is 10.6. The van der Waals surface area contributed by atoms with Crippen LogP contribution in [0.4, 0.5) is 0 Å². The lowest BCUT2D eigenvalue weighted by molar-refractivity contribution is -0.140. The SMILES string of the molecule is CC(=O)O/N=C(/C)c1ccccc1C. The van der Waals surface area contributed by atoms with Crippen molar-refractivity contribution in [3.05, 3.63) is 35.4 Å². The van der Waals surface area contributed by atoms with Gasteiger partial charge in [-0.1, -0.05) is 29.4 Å². The molecule has 74 valence electrons. The van der Waals surface area contributed by atoms with Crippen LogP contribution in [0.15, 0.2) is 29.4 Å². The summed E-state index contributed by atoms with van der Waals surface area (Å²) in [5.41, 5.74) is 2.81. The molecular formula is C11H13NO2. The highest BCUT2D eigenvalue weighted by atomic mass is 16.7. The Bertz CT molecular complexity index is 369. The number of nitrogens with zero attached hydrogens (tertiary/aromatic N) is 1. The molecule has 0 fully saturated rings. The molecule has 1 aromatic carbocycles. The van der Waals surface area contributed by atoms with Gasteiger partial charge in [-0.05, 0) is 19.4 Å². The van der Waals surface area contributed by atoms with Crippen LogP contribution >= 0.6 is 0 Å². The molecule has 3 heteroatoms. The summed E-state index contributed by atoms with van der Waals surface area (Å²) in [7, 11) is 0. The van der Waals surface area contributed by atoms with Crippen molar-refractivity contribution in [1.29, 1.82) is 0 Å². The lowest BCUT2D eigenvalue weighted by Crippen LogP contribution is -2.01. The molecule has 0 radical (unpaired) electrons. The lowest BCUT2D eigenvalue weighted by atomic mass is 10.1. The minimum Gasteiger partial charge on any atom is -0.318 e. The minimum atomic E-state index is -0.405. The molecule has 0 N–H and O–H groups in total. The van der Waals surface area contributed by atoms with Crippen molar-refractivity contribution in [3.63, 3.8) is 0 Å². The van der Waals surface area contributed by atoms with Crippen molar-refractivity contribution >= 4 is 11.7 Å². The summed E-state index contributed by atoms with van der Waals surface area (Å²) < 4.78 is 0. The van der Waals surface area contributed by atoms with E-state index in [-0.39, 0.29) is 0 Å². The molecule has 0 aliphatic heterocycles. The van der Waals surface area contributed by atoms with E-state index < -0.39 is 5.97 Å². The van der Waals surface area contributed by atoms with Gasteiger partial charge in [-0.15, -0.1) is 0 Å². The molecule has 14 heavy (non-hydrogen) atoms. The maximum atomic E-state index is 10.5. The van der Waals surface area contributed by atoms with Crippen LogP contribution in [0.2, 0.25) is 0 Å². The van der Waals surface area contributed by atoms with Gasteiger partial charge in [0, 0.05) is 12.5 Å². The standard InChI is InChI=1S/C11H13NO2/c1-8-6-4-5-7-11(8)9(2)12-14-10(3)13/h4-7H,1-3H3/b12-9-. The van der Waals surface area contributed by atoms with Gasteiger partial charge in [0.15, 0.2) is 0 Å². The van der Waals surface area contributed by atoms with Crippen molar-refractivity contribution in [1.82, 2.24) is 0 Å². The van der Waals surface area contributed by atoms with E-state index in [2.05, 4.69) is 9.99 Å². The molecule has 0 aromatic heterocycles. The van der Waals surface area contributed by atoms with E-state index in [1.165, 1.54) is 6.92 Å². The summed E-state index contributed by atoms with van der Waals surface area (Å²) >= 11 is 0. The molecule has 0 bridgehead atoms. The zero-order valence-corrected chi connectivity index (χ0v) is 8.57. The Balaban J connectivity index is 2.89. The summed E-state index contributed by atoms with van der Waals surface area (Å²) in [5, 5.41) is 3.72. The van der Waals surface area contributed by atoms with Gasteiger partial charge in [0.05, 0.1) is 5.71 Å². The van der Waals surface area contributed by atoms with Gasteiger partial charge < -0.3 is 4.84 Å². The van der Waals surface area contributed by atoms with Crippen LogP contribution in [0, 0.1) is 6.92 Å². The molecule has 0 heterocycles. The highest BCUT2D eigenvalue weighted by Gasteiger charge is 2.01. The van der Waals surface area contributed by atoms with Crippen molar-refractivity contribution in [2.45, 2.75) is 20.8 Å². The number of benzene rings is 1. The fourth-order valence-electron chi connectivity index (χ4n) is 1.16. The summed E-state index contributed by atoms with van der Waals surface area (Å²) in [5.74, 6) is -0.405. The monoisotopic (exact) mass is 191 g/mol. The molecule has 1 aromatic rings. The number of carbonyl (C=O) groups is 1. The van der Waals surface area contributed by atoms with E-state index in [1.807, 2.05) is 38.1 Å². The maximum Gasteiger partial charge on any atom is 0.331 e. The largest absolute Gasteiger partial charge is 0.331 e. The van der Waals surface area contributed by atoms with Crippen molar-refractivity contribution in [2.75, 3.05) is 0 Å². The maximum absolute atomic E-state index is 10.5. The second-order valence-electron chi connectivity index (χ2n) is 3.07. The van der Waals surface area contributed by atoms with Crippen molar-refractivity contribution < 1.29 is 9.63 Å². The molecule has 0 aliphatic rings. The average Bonchev–Trinajstić information content (AvgIpc) is 2.15. The van der Waals surface area contributed by atoms with E-state index in [9.17, 15) is 4.79 Å². The Hall–Kier alpha value is -1.64. The number of hydrogen-bond donors (Lipinski definition) is 0. The van der Waals surface area contributed by atoms with Gasteiger partial charge in [-0.2, -0.15) is 0 Å². The highest BCUT2D eigenvalue weighted by molar-refractivity contribution is 5.99. The van der Waals surface area contributed by atoms with Crippen LogP contribution in [-0.4, -0.2) is 11.7 Å². The molecule has 0 amide bonds. The van der Waals surface area contributed by atoms with E-state index >= 15 is 0 Å². The molecule has 0 spiro atoms. The number of hydrogen-bond acceptors (Lipinski definition) is 3. The van der Waals surface area contributed by atoms with Gasteiger partial charge >= 0.3 is 5.97 Å². The van der Waals surface area contributed by atoms with Gasteiger partial charge in [0.1, 0.15) is 0 Å². The van der Waals surface area contributed by atoms with E-state index in [1.54, 1.807) is 0 Å². The number of oxime groups is 1. The van der Waals surface area contributed by atoms with E-state index in [0.29, 0.717) is 5.71 Å². The Morgan fingerprint density at radius 1 is 1.29 bits per heavy atom. The van der Waals surface area contributed by atoms with Crippen LogP contribution in [0.1, 0.15) is 25.0 Å². The van der Waals surface area contributed by atoms with E-state index in [4.69, 9.17) is 0 Å². The van der Waals surface area contributed by atoms with Crippen LogP contribution in [0.25, 0.3) is 0 Å². The molecular weight excluding hydrogens is 178 g/mol. The van der Waals surface area contributed by atoms with Crippen molar-refractivity contribution in [2.24, 2.45) is 5.16 Å². The number of aryl methyl sites for hydroxylation is 1. The Labute approximate surface area is 83.4 Å². The normalized spacial score (nSPS) is 11.2. The first-order chi connectivity index (χ1) is 6.61.